The molecule has 1 atom stereocenters. The highest BCUT2D eigenvalue weighted by molar-refractivity contribution is 5.87. The van der Waals surface area contributed by atoms with E-state index in [1.54, 1.807) is 6.20 Å². The minimum atomic E-state index is -0.212. The Hall–Kier alpha value is -2.01. The van der Waals surface area contributed by atoms with Crippen molar-refractivity contribution in [2.45, 2.75) is 32.9 Å². The quantitative estimate of drug-likeness (QED) is 0.868. The first kappa shape index (κ1) is 14.9. The lowest BCUT2D eigenvalue weighted by Crippen LogP contribution is -2.41. The molecule has 22 heavy (non-hydrogen) atoms. The number of nitrogens with zero attached hydrogens (tertiary/aromatic N) is 4. The highest BCUT2D eigenvalue weighted by Gasteiger charge is 2.36. The Balaban J connectivity index is 1.95. The summed E-state index contributed by atoms with van der Waals surface area (Å²) in [7, 11) is 1.97. The second kappa shape index (κ2) is 6.01. The van der Waals surface area contributed by atoms with Crippen LogP contribution in [-0.2, 0) is 24.8 Å². The molecule has 0 saturated heterocycles. The zero-order chi connectivity index (χ0) is 15.7. The molecule has 3 heterocycles. The highest BCUT2D eigenvalue weighted by atomic mass is 16.1. The standard InChI is InChI=1S/C17H22N4O/c1-12(2)17(22)16-15-14(19-11-20(15)3)6-8-21(16)10-13-5-4-7-18-9-13/h4-5,7,9,11-12,16H,6,8,10H2,1-3H3. The number of rotatable bonds is 4. The molecular formula is C17H22N4O. The lowest BCUT2D eigenvalue weighted by atomic mass is 9.92. The maximum Gasteiger partial charge on any atom is 0.158 e. The van der Waals surface area contributed by atoms with Crippen LogP contribution in [0.25, 0.3) is 0 Å². The van der Waals surface area contributed by atoms with Crippen LogP contribution >= 0.6 is 0 Å². The molecule has 116 valence electrons. The summed E-state index contributed by atoms with van der Waals surface area (Å²) in [5.74, 6) is 0.260. The molecule has 5 heteroatoms. The number of aromatic nitrogens is 3. The molecule has 1 aliphatic rings. The number of ketones is 1. The monoisotopic (exact) mass is 298 g/mol. The van der Waals surface area contributed by atoms with Crippen LogP contribution in [0, 0.1) is 5.92 Å². The second-order valence-corrected chi connectivity index (χ2v) is 6.23. The summed E-state index contributed by atoms with van der Waals surface area (Å²) in [6.07, 6.45) is 6.35. The minimum absolute atomic E-state index is 0.00208. The van der Waals surface area contributed by atoms with Crippen molar-refractivity contribution in [2.75, 3.05) is 6.54 Å². The molecule has 0 aliphatic carbocycles. The predicted molar refractivity (Wildman–Crippen MR) is 84.1 cm³/mol. The van der Waals surface area contributed by atoms with Gasteiger partial charge in [-0.15, -0.1) is 0 Å². The van der Waals surface area contributed by atoms with Gasteiger partial charge in [-0.1, -0.05) is 19.9 Å². The van der Waals surface area contributed by atoms with Gasteiger partial charge in [-0.05, 0) is 11.6 Å². The summed E-state index contributed by atoms with van der Waals surface area (Å²) in [5.41, 5.74) is 3.24. The Morgan fingerprint density at radius 2 is 2.27 bits per heavy atom. The molecule has 2 aromatic heterocycles. The van der Waals surface area contributed by atoms with E-state index in [4.69, 9.17) is 0 Å². The number of carbonyl (C=O) groups is 1. The molecule has 0 bridgehead atoms. The molecule has 0 fully saturated rings. The van der Waals surface area contributed by atoms with Gasteiger partial charge in [-0.25, -0.2) is 4.98 Å². The third-order valence-electron chi connectivity index (χ3n) is 4.27. The summed E-state index contributed by atoms with van der Waals surface area (Å²) in [4.78, 5) is 23.7. The van der Waals surface area contributed by atoms with Gasteiger partial charge < -0.3 is 4.57 Å². The van der Waals surface area contributed by atoms with Gasteiger partial charge in [0.2, 0.25) is 0 Å². The average Bonchev–Trinajstić information content (AvgIpc) is 2.89. The van der Waals surface area contributed by atoms with Gasteiger partial charge in [0, 0.05) is 44.9 Å². The van der Waals surface area contributed by atoms with Crippen molar-refractivity contribution in [2.24, 2.45) is 13.0 Å². The van der Waals surface area contributed by atoms with Crippen LogP contribution in [0.2, 0.25) is 0 Å². The smallest absolute Gasteiger partial charge is 0.158 e. The van der Waals surface area contributed by atoms with E-state index in [-0.39, 0.29) is 17.7 Å². The fourth-order valence-corrected chi connectivity index (χ4v) is 3.11. The number of carbonyl (C=O) groups excluding carboxylic acids is 1. The maximum atomic E-state index is 12.8. The molecule has 3 rings (SSSR count). The minimum Gasteiger partial charge on any atom is -0.336 e. The van der Waals surface area contributed by atoms with Crippen molar-refractivity contribution >= 4 is 5.78 Å². The maximum absolute atomic E-state index is 12.8. The third kappa shape index (κ3) is 2.68. The van der Waals surface area contributed by atoms with Crippen molar-refractivity contribution < 1.29 is 4.79 Å². The molecule has 1 aliphatic heterocycles. The van der Waals surface area contributed by atoms with Gasteiger partial charge in [-0.2, -0.15) is 0 Å². The zero-order valence-electron chi connectivity index (χ0n) is 13.4. The van der Waals surface area contributed by atoms with Crippen molar-refractivity contribution in [3.63, 3.8) is 0 Å². The first-order chi connectivity index (χ1) is 10.6. The summed E-state index contributed by atoms with van der Waals surface area (Å²) in [6.45, 7) is 5.52. The fourth-order valence-electron chi connectivity index (χ4n) is 3.11. The van der Waals surface area contributed by atoms with Crippen LogP contribution in [0.3, 0.4) is 0 Å². The molecule has 5 nitrogen and oxygen atoms in total. The summed E-state index contributed by atoms with van der Waals surface area (Å²) in [6, 6.07) is 3.79. The van der Waals surface area contributed by atoms with Crippen molar-refractivity contribution in [3.05, 3.63) is 47.8 Å². The number of fused-ring (bicyclic) bond motifs is 1. The van der Waals surface area contributed by atoms with Crippen LogP contribution in [-0.4, -0.2) is 31.8 Å². The lowest BCUT2D eigenvalue weighted by molar-refractivity contribution is -0.128. The molecule has 0 radical (unpaired) electrons. The van der Waals surface area contributed by atoms with Crippen LogP contribution in [0.1, 0.15) is 36.8 Å². The SMILES string of the molecule is CC(C)C(=O)C1c2c(ncn2C)CCN1Cc1cccnc1. The van der Waals surface area contributed by atoms with E-state index in [2.05, 4.69) is 20.9 Å². The molecule has 0 amide bonds. The molecule has 1 unspecified atom stereocenters. The zero-order valence-corrected chi connectivity index (χ0v) is 13.4. The van der Waals surface area contributed by atoms with Gasteiger partial charge in [-0.3, -0.25) is 14.7 Å². The third-order valence-corrected chi connectivity index (χ3v) is 4.27. The van der Waals surface area contributed by atoms with E-state index in [0.717, 1.165) is 36.5 Å². The number of imidazole rings is 1. The van der Waals surface area contributed by atoms with E-state index in [0.29, 0.717) is 0 Å². The first-order valence-electron chi connectivity index (χ1n) is 7.74. The van der Waals surface area contributed by atoms with Crippen molar-refractivity contribution in [1.29, 1.82) is 0 Å². The van der Waals surface area contributed by atoms with Crippen LogP contribution in [0.5, 0.6) is 0 Å². The Labute approximate surface area is 131 Å². The average molecular weight is 298 g/mol. The molecule has 0 spiro atoms. The summed E-state index contributed by atoms with van der Waals surface area (Å²) >= 11 is 0. The van der Waals surface area contributed by atoms with E-state index >= 15 is 0 Å². The first-order valence-corrected chi connectivity index (χ1v) is 7.74. The Kier molecular flexibility index (Phi) is 4.07. The van der Waals surface area contributed by atoms with Gasteiger partial charge in [0.25, 0.3) is 0 Å². The van der Waals surface area contributed by atoms with Crippen molar-refractivity contribution in [1.82, 2.24) is 19.4 Å². The number of aryl methyl sites for hydroxylation is 1. The van der Waals surface area contributed by atoms with E-state index < -0.39 is 0 Å². The van der Waals surface area contributed by atoms with Crippen LogP contribution < -0.4 is 0 Å². The molecule has 0 aromatic carbocycles. The van der Waals surface area contributed by atoms with Gasteiger partial charge in [0.1, 0.15) is 6.04 Å². The summed E-state index contributed by atoms with van der Waals surface area (Å²) in [5, 5.41) is 0. The Morgan fingerprint density at radius 1 is 1.45 bits per heavy atom. The van der Waals surface area contributed by atoms with E-state index in [1.165, 1.54) is 0 Å². The topological polar surface area (TPSA) is 51.0 Å². The Morgan fingerprint density at radius 3 is 2.95 bits per heavy atom. The number of hydrogen-bond donors (Lipinski definition) is 0. The normalized spacial score (nSPS) is 18.5. The number of hydrogen-bond acceptors (Lipinski definition) is 4. The van der Waals surface area contributed by atoms with Gasteiger partial charge in [0.15, 0.2) is 5.78 Å². The van der Waals surface area contributed by atoms with Gasteiger partial charge in [0.05, 0.1) is 17.7 Å². The fraction of sp³-hybridized carbons (Fsp3) is 0.471. The molecule has 0 saturated carbocycles. The van der Waals surface area contributed by atoms with Crippen LogP contribution in [0.15, 0.2) is 30.9 Å². The van der Waals surface area contributed by atoms with E-state index in [1.807, 2.05) is 44.1 Å². The predicted octanol–water partition coefficient (Wildman–Crippen LogP) is 2.14. The largest absolute Gasteiger partial charge is 0.336 e. The molecular weight excluding hydrogens is 276 g/mol. The molecule has 0 N–H and O–H groups in total. The van der Waals surface area contributed by atoms with Crippen molar-refractivity contribution in [3.8, 4) is 0 Å². The number of Topliss-reactive ketones (excluding diaryl/α,β-unsaturated/α-hetero) is 1. The van der Waals surface area contributed by atoms with E-state index in [9.17, 15) is 4.79 Å². The van der Waals surface area contributed by atoms with Crippen LogP contribution in [0.4, 0.5) is 0 Å². The molecule has 2 aromatic rings. The Bertz CT molecular complexity index is 663. The highest BCUT2D eigenvalue weighted by Crippen LogP contribution is 2.32. The lowest BCUT2D eigenvalue weighted by Gasteiger charge is -2.35. The number of pyridine rings is 1. The summed E-state index contributed by atoms with van der Waals surface area (Å²) < 4.78 is 2.00. The van der Waals surface area contributed by atoms with Gasteiger partial charge >= 0.3 is 0 Å². The second-order valence-electron chi connectivity index (χ2n) is 6.23.